The van der Waals surface area contributed by atoms with E-state index in [0.29, 0.717) is 23.2 Å². The van der Waals surface area contributed by atoms with Gasteiger partial charge in [0, 0.05) is 12.3 Å². The number of aromatic nitrogens is 2. The molecule has 1 amide bonds. The number of anilines is 1. The molecule has 2 aromatic carbocycles. The summed E-state index contributed by atoms with van der Waals surface area (Å²) in [6, 6.07) is 16.4. The van der Waals surface area contributed by atoms with Gasteiger partial charge in [-0.15, -0.1) is 0 Å². The molecule has 30 heavy (non-hydrogen) atoms. The highest BCUT2D eigenvalue weighted by atomic mass is 16.5. The summed E-state index contributed by atoms with van der Waals surface area (Å²) in [5.74, 6) is -0.467. The number of fused-ring (bicyclic) bond motifs is 2. The molecule has 0 radical (unpaired) electrons. The summed E-state index contributed by atoms with van der Waals surface area (Å²) in [6.45, 7) is 2.63. The van der Waals surface area contributed by atoms with Crippen molar-refractivity contribution in [2.45, 2.75) is 13.5 Å². The van der Waals surface area contributed by atoms with E-state index >= 15 is 0 Å². The van der Waals surface area contributed by atoms with Crippen molar-refractivity contribution in [2.75, 3.05) is 5.32 Å². The maximum Gasteiger partial charge on any atom is 0.302 e. The van der Waals surface area contributed by atoms with Gasteiger partial charge in [0.2, 0.25) is 5.43 Å². The SMILES string of the molecule is Cc1ccc(Cn2cc(NC(=O)c3cc4c(=O)c5ccccc5oc4o3)cn2)cc1. The van der Waals surface area contributed by atoms with E-state index in [1.807, 2.05) is 31.2 Å². The van der Waals surface area contributed by atoms with Crippen molar-refractivity contribution < 1.29 is 13.6 Å². The maximum absolute atomic E-state index is 12.6. The highest BCUT2D eigenvalue weighted by Gasteiger charge is 2.18. The molecule has 0 saturated heterocycles. The van der Waals surface area contributed by atoms with Crippen LogP contribution in [-0.2, 0) is 6.54 Å². The summed E-state index contributed by atoms with van der Waals surface area (Å²) < 4.78 is 12.9. The molecule has 3 heterocycles. The van der Waals surface area contributed by atoms with Gasteiger partial charge < -0.3 is 14.2 Å². The number of para-hydroxylation sites is 1. The fraction of sp³-hybridized carbons (Fsp3) is 0.0870. The monoisotopic (exact) mass is 399 g/mol. The number of carbonyl (C=O) groups excluding carboxylic acids is 1. The molecule has 0 aliphatic heterocycles. The number of furan rings is 1. The van der Waals surface area contributed by atoms with Gasteiger partial charge in [-0.3, -0.25) is 14.3 Å². The zero-order valence-corrected chi connectivity index (χ0v) is 16.1. The lowest BCUT2D eigenvalue weighted by molar-refractivity contribution is 0.0997. The predicted octanol–water partition coefficient (Wildman–Crippen LogP) is 4.34. The minimum Gasteiger partial charge on any atom is -0.425 e. The number of hydrogen-bond acceptors (Lipinski definition) is 5. The van der Waals surface area contributed by atoms with Gasteiger partial charge in [-0.2, -0.15) is 5.10 Å². The Morgan fingerprint density at radius 3 is 2.70 bits per heavy atom. The Morgan fingerprint density at radius 2 is 1.87 bits per heavy atom. The van der Waals surface area contributed by atoms with Gasteiger partial charge in [0.05, 0.1) is 23.8 Å². The number of carbonyl (C=O) groups is 1. The Labute approximate surface area is 170 Å². The van der Waals surface area contributed by atoms with Crippen molar-refractivity contribution in [3.63, 3.8) is 0 Å². The molecule has 0 atom stereocenters. The lowest BCUT2D eigenvalue weighted by Gasteiger charge is -2.02. The summed E-state index contributed by atoms with van der Waals surface area (Å²) in [4.78, 5) is 25.2. The molecular weight excluding hydrogens is 382 g/mol. The Bertz CT molecular complexity index is 1440. The molecule has 0 fully saturated rings. The second-order valence-corrected chi connectivity index (χ2v) is 7.11. The molecule has 5 aromatic rings. The van der Waals surface area contributed by atoms with E-state index in [-0.39, 0.29) is 22.4 Å². The van der Waals surface area contributed by atoms with Gasteiger partial charge in [-0.25, -0.2) is 0 Å². The Balaban J connectivity index is 1.38. The number of rotatable bonds is 4. The van der Waals surface area contributed by atoms with Crippen molar-refractivity contribution in [3.05, 3.63) is 94.1 Å². The van der Waals surface area contributed by atoms with Crippen molar-refractivity contribution in [1.29, 1.82) is 0 Å². The molecule has 0 unspecified atom stereocenters. The Kier molecular flexibility index (Phi) is 4.21. The summed E-state index contributed by atoms with van der Waals surface area (Å²) in [5.41, 5.74) is 3.00. The molecule has 0 aliphatic rings. The lowest BCUT2D eigenvalue weighted by atomic mass is 10.1. The second-order valence-electron chi connectivity index (χ2n) is 7.11. The van der Waals surface area contributed by atoms with Crippen LogP contribution in [0.1, 0.15) is 21.7 Å². The highest BCUT2D eigenvalue weighted by molar-refractivity contribution is 6.04. The number of hydrogen-bond donors (Lipinski definition) is 1. The predicted molar refractivity (Wildman–Crippen MR) is 113 cm³/mol. The first-order valence-corrected chi connectivity index (χ1v) is 9.41. The third-order valence-electron chi connectivity index (χ3n) is 4.86. The fourth-order valence-electron chi connectivity index (χ4n) is 3.30. The highest BCUT2D eigenvalue weighted by Crippen LogP contribution is 2.22. The van der Waals surface area contributed by atoms with Gasteiger partial charge in [-0.1, -0.05) is 42.0 Å². The van der Waals surface area contributed by atoms with Crippen LogP contribution in [0.15, 0.2) is 80.6 Å². The molecule has 0 saturated carbocycles. The van der Waals surface area contributed by atoms with E-state index in [9.17, 15) is 9.59 Å². The van der Waals surface area contributed by atoms with Gasteiger partial charge in [0.25, 0.3) is 5.91 Å². The molecule has 0 bridgehead atoms. The van der Waals surface area contributed by atoms with Gasteiger partial charge in [-0.05, 0) is 24.6 Å². The average molecular weight is 399 g/mol. The Morgan fingerprint density at radius 1 is 1.07 bits per heavy atom. The van der Waals surface area contributed by atoms with E-state index in [0.717, 1.165) is 5.56 Å². The normalized spacial score (nSPS) is 11.2. The third-order valence-corrected chi connectivity index (χ3v) is 4.86. The Hall–Kier alpha value is -4.13. The summed E-state index contributed by atoms with van der Waals surface area (Å²) in [5, 5.41) is 7.68. The van der Waals surface area contributed by atoms with Crippen LogP contribution < -0.4 is 10.7 Å². The molecule has 3 aromatic heterocycles. The van der Waals surface area contributed by atoms with E-state index in [1.54, 1.807) is 41.3 Å². The van der Waals surface area contributed by atoms with Crippen LogP contribution in [0.2, 0.25) is 0 Å². The van der Waals surface area contributed by atoms with Crippen molar-refractivity contribution in [3.8, 4) is 0 Å². The first-order valence-electron chi connectivity index (χ1n) is 9.41. The molecule has 0 spiro atoms. The zero-order chi connectivity index (χ0) is 20.7. The molecule has 1 N–H and O–H groups in total. The van der Waals surface area contributed by atoms with E-state index < -0.39 is 5.91 Å². The smallest absolute Gasteiger partial charge is 0.302 e. The number of amides is 1. The van der Waals surface area contributed by atoms with Gasteiger partial charge >= 0.3 is 5.78 Å². The maximum atomic E-state index is 12.6. The minimum atomic E-state index is -0.486. The fourth-order valence-corrected chi connectivity index (χ4v) is 3.30. The van der Waals surface area contributed by atoms with E-state index in [4.69, 9.17) is 8.83 Å². The first kappa shape index (κ1) is 17.9. The third kappa shape index (κ3) is 3.26. The number of nitrogens with one attached hydrogen (secondary N) is 1. The second kappa shape index (κ2) is 7.04. The average Bonchev–Trinajstić information content (AvgIpc) is 3.37. The van der Waals surface area contributed by atoms with Crippen LogP contribution in [0.3, 0.4) is 0 Å². The summed E-state index contributed by atoms with van der Waals surface area (Å²) >= 11 is 0. The van der Waals surface area contributed by atoms with Crippen molar-refractivity contribution in [1.82, 2.24) is 9.78 Å². The minimum absolute atomic E-state index is 0.00700. The van der Waals surface area contributed by atoms with Gasteiger partial charge in [0.1, 0.15) is 11.0 Å². The quantitative estimate of drug-likeness (QED) is 0.485. The summed E-state index contributed by atoms with van der Waals surface area (Å²) in [6.07, 6.45) is 3.30. The topological polar surface area (TPSA) is 90.3 Å². The van der Waals surface area contributed by atoms with E-state index in [1.165, 1.54) is 11.6 Å². The van der Waals surface area contributed by atoms with Crippen LogP contribution in [-0.4, -0.2) is 15.7 Å². The zero-order valence-electron chi connectivity index (χ0n) is 16.1. The van der Waals surface area contributed by atoms with Crippen LogP contribution in [0.4, 0.5) is 5.69 Å². The van der Waals surface area contributed by atoms with Crippen LogP contribution in [0.5, 0.6) is 0 Å². The van der Waals surface area contributed by atoms with Crippen LogP contribution >= 0.6 is 0 Å². The van der Waals surface area contributed by atoms with Crippen molar-refractivity contribution in [2.24, 2.45) is 0 Å². The molecule has 5 rings (SSSR count). The number of aryl methyl sites for hydroxylation is 1. The lowest BCUT2D eigenvalue weighted by Crippen LogP contribution is -2.10. The molecule has 0 aliphatic carbocycles. The van der Waals surface area contributed by atoms with E-state index in [2.05, 4.69) is 10.4 Å². The molecule has 148 valence electrons. The van der Waals surface area contributed by atoms with Crippen LogP contribution in [0, 0.1) is 6.92 Å². The first-order chi connectivity index (χ1) is 14.6. The molecule has 7 heteroatoms. The number of nitrogens with zero attached hydrogens (tertiary/aromatic N) is 2. The van der Waals surface area contributed by atoms with Crippen LogP contribution in [0.25, 0.3) is 22.1 Å². The summed E-state index contributed by atoms with van der Waals surface area (Å²) in [7, 11) is 0. The van der Waals surface area contributed by atoms with Crippen molar-refractivity contribution >= 4 is 33.7 Å². The molecular formula is C23H17N3O4. The number of benzene rings is 2. The molecule has 7 nitrogen and oxygen atoms in total. The standard InChI is InChI=1S/C23H17N3O4/c1-14-6-8-15(9-7-14)12-26-13-16(11-24-26)25-22(28)20-10-18-21(27)17-4-2-3-5-19(17)29-23(18)30-20/h2-11,13H,12H2,1H3,(H,25,28). The van der Waals surface area contributed by atoms with Gasteiger partial charge in [0.15, 0.2) is 5.76 Å². The largest absolute Gasteiger partial charge is 0.425 e.